The average molecular weight is 354 g/mol. The molecule has 0 atom stereocenters. The van der Waals surface area contributed by atoms with E-state index in [4.69, 9.17) is 11.6 Å². The van der Waals surface area contributed by atoms with Gasteiger partial charge in [0.15, 0.2) is 0 Å². The topological polar surface area (TPSA) is 42.0 Å². The van der Waals surface area contributed by atoms with Crippen LogP contribution in [0.25, 0.3) is 0 Å². The lowest BCUT2D eigenvalue weighted by atomic mass is 10.1. The molecule has 3 nitrogen and oxygen atoms in total. The summed E-state index contributed by atoms with van der Waals surface area (Å²) in [6, 6.07) is 7.20. The summed E-state index contributed by atoms with van der Waals surface area (Å²) in [4.78, 5) is 16.6. The van der Waals surface area contributed by atoms with Gasteiger partial charge in [-0.05, 0) is 66.5 Å². The molecule has 0 bridgehead atoms. The lowest BCUT2D eigenvalue weighted by Gasteiger charge is -2.11. The second-order valence-corrected chi connectivity index (χ2v) is 5.88. The summed E-state index contributed by atoms with van der Waals surface area (Å²) in [6.45, 7) is 5.62. The van der Waals surface area contributed by atoms with Crippen LogP contribution in [-0.2, 0) is 0 Å². The molecule has 0 radical (unpaired) electrons. The molecule has 1 aromatic carbocycles. The van der Waals surface area contributed by atoms with Gasteiger partial charge in [-0.15, -0.1) is 0 Å². The first-order chi connectivity index (χ1) is 9.38. The molecule has 1 amide bonds. The highest BCUT2D eigenvalue weighted by atomic mass is 79.9. The van der Waals surface area contributed by atoms with Gasteiger partial charge >= 0.3 is 0 Å². The Morgan fingerprint density at radius 2 is 1.95 bits per heavy atom. The Morgan fingerprint density at radius 1 is 1.25 bits per heavy atom. The molecule has 20 heavy (non-hydrogen) atoms. The van der Waals surface area contributed by atoms with Crippen molar-refractivity contribution in [1.29, 1.82) is 0 Å². The standard InChI is InChI=1S/C15H14BrClN2O/c1-8-6-12(16)14(7-13(8)17)19-15(20)11-5-4-9(2)18-10(11)3/h4-7H,1-3H3,(H,19,20). The van der Waals surface area contributed by atoms with Crippen LogP contribution in [0.5, 0.6) is 0 Å². The zero-order chi connectivity index (χ0) is 14.9. The van der Waals surface area contributed by atoms with E-state index in [0.29, 0.717) is 22.0 Å². The summed E-state index contributed by atoms with van der Waals surface area (Å²) in [6.07, 6.45) is 0. The molecule has 0 spiro atoms. The molecule has 2 rings (SSSR count). The van der Waals surface area contributed by atoms with Gasteiger partial charge < -0.3 is 5.32 Å². The number of nitrogens with zero attached hydrogens (tertiary/aromatic N) is 1. The van der Waals surface area contributed by atoms with Gasteiger partial charge in [0.25, 0.3) is 5.91 Å². The van der Waals surface area contributed by atoms with Crippen molar-refractivity contribution in [3.8, 4) is 0 Å². The molecule has 1 N–H and O–H groups in total. The third kappa shape index (κ3) is 3.19. The van der Waals surface area contributed by atoms with Crippen molar-refractivity contribution in [1.82, 2.24) is 4.98 Å². The number of amides is 1. The zero-order valence-corrected chi connectivity index (χ0v) is 13.8. The van der Waals surface area contributed by atoms with Crippen LogP contribution >= 0.6 is 27.5 Å². The molecule has 0 aliphatic carbocycles. The number of benzene rings is 1. The summed E-state index contributed by atoms with van der Waals surface area (Å²) in [5.74, 6) is -0.199. The molecule has 0 saturated carbocycles. The van der Waals surface area contributed by atoms with Crippen molar-refractivity contribution in [3.05, 3.63) is 56.3 Å². The van der Waals surface area contributed by atoms with Crippen molar-refractivity contribution in [3.63, 3.8) is 0 Å². The minimum atomic E-state index is -0.199. The van der Waals surface area contributed by atoms with Gasteiger partial charge in [0.1, 0.15) is 0 Å². The molecule has 0 unspecified atom stereocenters. The summed E-state index contributed by atoms with van der Waals surface area (Å²) in [5, 5.41) is 3.46. The van der Waals surface area contributed by atoms with Gasteiger partial charge in [0.2, 0.25) is 0 Å². The Kier molecular flexibility index (Phi) is 4.45. The van der Waals surface area contributed by atoms with Gasteiger partial charge in [0.05, 0.1) is 16.9 Å². The maximum atomic E-state index is 12.3. The lowest BCUT2D eigenvalue weighted by Crippen LogP contribution is -2.14. The Balaban J connectivity index is 2.30. The smallest absolute Gasteiger partial charge is 0.257 e. The third-order valence-electron chi connectivity index (χ3n) is 2.97. The summed E-state index contributed by atoms with van der Waals surface area (Å²) in [7, 11) is 0. The highest BCUT2D eigenvalue weighted by Crippen LogP contribution is 2.29. The van der Waals surface area contributed by atoms with E-state index in [1.807, 2.05) is 32.9 Å². The minimum Gasteiger partial charge on any atom is -0.321 e. The predicted octanol–water partition coefficient (Wildman–Crippen LogP) is 4.68. The van der Waals surface area contributed by atoms with E-state index in [0.717, 1.165) is 15.7 Å². The zero-order valence-electron chi connectivity index (χ0n) is 11.4. The van der Waals surface area contributed by atoms with Crippen molar-refractivity contribution >= 4 is 39.1 Å². The van der Waals surface area contributed by atoms with Gasteiger partial charge in [-0.1, -0.05) is 11.6 Å². The molecule has 0 aliphatic heterocycles. The largest absolute Gasteiger partial charge is 0.321 e. The van der Waals surface area contributed by atoms with E-state index >= 15 is 0 Å². The molecule has 1 aromatic heterocycles. The fourth-order valence-electron chi connectivity index (χ4n) is 1.86. The Hall–Kier alpha value is -1.39. The second-order valence-electron chi connectivity index (χ2n) is 4.62. The Morgan fingerprint density at radius 3 is 2.60 bits per heavy atom. The van der Waals surface area contributed by atoms with E-state index < -0.39 is 0 Å². The van der Waals surface area contributed by atoms with Crippen LogP contribution in [0.4, 0.5) is 5.69 Å². The van der Waals surface area contributed by atoms with Crippen molar-refractivity contribution < 1.29 is 4.79 Å². The number of carbonyl (C=O) groups excluding carboxylic acids is 1. The lowest BCUT2D eigenvalue weighted by molar-refractivity contribution is 0.102. The van der Waals surface area contributed by atoms with Crippen molar-refractivity contribution in [2.75, 3.05) is 5.32 Å². The Labute approximate surface area is 131 Å². The van der Waals surface area contributed by atoms with Gasteiger partial charge in [-0.2, -0.15) is 0 Å². The number of nitrogens with one attached hydrogen (secondary N) is 1. The number of hydrogen-bond donors (Lipinski definition) is 1. The van der Waals surface area contributed by atoms with Crippen LogP contribution in [0.3, 0.4) is 0 Å². The van der Waals surface area contributed by atoms with Crippen LogP contribution in [-0.4, -0.2) is 10.9 Å². The van der Waals surface area contributed by atoms with Gasteiger partial charge in [-0.25, -0.2) is 0 Å². The molecule has 104 valence electrons. The minimum absolute atomic E-state index is 0.199. The number of rotatable bonds is 2. The first-order valence-electron chi connectivity index (χ1n) is 6.09. The van der Waals surface area contributed by atoms with Crippen LogP contribution in [0.15, 0.2) is 28.7 Å². The number of anilines is 1. The highest BCUT2D eigenvalue weighted by molar-refractivity contribution is 9.10. The van der Waals surface area contributed by atoms with E-state index in [1.54, 1.807) is 12.1 Å². The van der Waals surface area contributed by atoms with Crippen LogP contribution in [0.2, 0.25) is 5.02 Å². The molecular formula is C15H14BrClN2O. The van der Waals surface area contributed by atoms with Gasteiger partial charge in [-0.3, -0.25) is 9.78 Å². The van der Waals surface area contributed by atoms with Crippen molar-refractivity contribution in [2.45, 2.75) is 20.8 Å². The number of hydrogen-bond acceptors (Lipinski definition) is 2. The van der Waals surface area contributed by atoms with E-state index in [2.05, 4.69) is 26.2 Å². The monoisotopic (exact) mass is 352 g/mol. The molecule has 0 aliphatic rings. The molecule has 2 aromatic rings. The van der Waals surface area contributed by atoms with E-state index in [1.165, 1.54) is 0 Å². The maximum Gasteiger partial charge on any atom is 0.257 e. The fourth-order valence-corrected chi connectivity index (χ4v) is 2.58. The highest BCUT2D eigenvalue weighted by Gasteiger charge is 2.13. The number of halogens is 2. The van der Waals surface area contributed by atoms with Crippen LogP contribution in [0, 0.1) is 20.8 Å². The third-order valence-corrected chi connectivity index (χ3v) is 4.03. The molecule has 0 fully saturated rings. The Bertz CT molecular complexity index is 686. The number of aryl methyl sites for hydroxylation is 3. The first kappa shape index (κ1) is 15.0. The summed E-state index contributed by atoms with van der Waals surface area (Å²) in [5.41, 5.74) is 3.74. The van der Waals surface area contributed by atoms with Crippen LogP contribution < -0.4 is 5.32 Å². The normalized spacial score (nSPS) is 10.4. The average Bonchev–Trinajstić information content (AvgIpc) is 2.35. The SMILES string of the molecule is Cc1ccc(C(=O)Nc2cc(Cl)c(C)cc2Br)c(C)n1. The number of carbonyl (C=O) groups is 1. The number of pyridine rings is 1. The summed E-state index contributed by atoms with van der Waals surface area (Å²) < 4.78 is 0.797. The molecule has 1 heterocycles. The van der Waals surface area contributed by atoms with Crippen molar-refractivity contribution in [2.24, 2.45) is 0 Å². The fraction of sp³-hybridized carbons (Fsp3) is 0.200. The van der Waals surface area contributed by atoms with Crippen LogP contribution in [0.1, 0.15) is 27.3 Å². The maximum absolute atomic E-state index is 12.3. The quantitative estimate of drug-likeness (QED) is 0.852. The second kappa shape index (κ2) is 5.94. The first-order valence-corrected chi connectivity index (χ1v) is 7.27. The predicted molar refractivity (Wildman–Crippen MR) is 85.6 cm³/mol. The van der Waals surface area contributed by atoms with Gasteiger partial charge in [0, 0.05) is 15.2 Å². The molecule has 0 saturated heterocycles. The summed E-state index contributed by atoms with van der Waals surface area (Å²) >= 11 is 9.51. The van der Waals surface area contributed by atoms with E-state index in [9.17, 15) is 4.79 Å². The molecule has 5 heteroatoms. The number of aromatic nitrogens is 1. The molecular weight excluding hydrogens is 340 g/mol. The van der Waals surface area contributed by atoms with E-state index in [-0.39, 0.29) is 5.91 Å².